The molecule has 1 aromatic rings. The Morgan fingerprint density at radius 2 is 2.07 bits per heavy atom. The summed E-state index contributed by atoms with van der Waals surface area (Å²) >= 11 is 3.18. The highest BCUT2D eigenvalue weighted by molar-refractivity contribution is 9.10. The van der Waals surface area contributed by atoms with Crippen molar-refractivity contribution in [1.82, 2.24) is 0 Å². The molecule has 2 N–H and O–H groups in total. The summed E-state index contributed by atoms with van der Waals surface area (Å²) in [5, 5.41) is 11.2. The van der Waals surface area contributed by atoms with Crippen LogP contribution < -0.4 is 5.32 Å². The number of hydrogen-bond acceptors (Lipinski definition) is 2. The monoisotopic (exact) mass is 283 g/mol. The van der Waals surface area contributed by atoms with E-state index in [1.165, 1.54) is 0 Å². The first-order valence-corrected chi connectivity index (χ1v) is 4.93. The molecule has 0 aromatic heterocycles. The summed E-state index contributed by atoms with van der Waals surface area (Å²) in [4.78, 5) is 0. The van der Waals surface area contributed by atoms with Gasteiger partial charge in [-0.25, -0.2) is 0 Å². The lowest BCUT2D eigenvalue weighted by Crippen LogP contribution is -2.34. The zero-order valence-corrected chi connectivity index (χ0v) is 9.14. The number of hydrogen-bond donors (Lipinski definition) is 2. The molecule has 0 aliphatic carbocycles. The first-order valence-electron chi connectivity index (χ1n) is 4.14. The van der Waals surface area contributed by atoms with E-state index in [2.05, 4.69) is 21.2 Å². The van der Waals surface area contributed by atoms with Crippen LogP contribution in [-0.2, 0) is 0 Å². The number of benzene rings is 1. The molecule has 1 aromatic carbocycles. The Morgan fingerprint density at radius 1 is 1.40 bits per heavy atom. The predicted octanol–water partition coefficient (Wildman–Crippen LogP) is 2.78. The predicted molar refractivity (Wildman–Crippen MR) is 54.7 cm³/mol. The van der Waals surface area contributed by atoms with Gasteiger partial charge in [0.1, 0.15) is 0 Å². The van der Waals surface area contributed by atoms with E-state index in [4.69, 9.17) is 5.11 Å². The summed E-state index contributed by atoms with van der Waals surface area (Å²) < 4.78 is 36.6. The highest BCUT2D eigenvalue weighted by Crippen LogP contribution is 2.21. The first-order chi connectivity index (χ1) is 6.89. The van der Waals surface area contributed by atoms with Crippen LogP contribution >= 0.6 is 15.9 Å². The molecule has 15 heavy (non-hydrogen) atoms. The van der Waals surface area contributed by atoms with Crippen molar-refractivity contribution in [2.24, 2.45) is 0 Å². The molecule has 0 spiro atoms. The molecule has 0 bridgehead atoms. The highest BCUT2D eigenvalue weighted by atomic mass is 79.9. The molecule has 0 aliphatic heterocycles. The third kappa shape index (κ3) is 4.09. The van der Waals surface area contributed by atoms with E-state index >= 15 is 0 Å². The lowest BCUT2D eigenvalue weighted by Gasteiger charge is -2.15. The number of alkyl halides is 3. The maximum Gasteiger partial charge on any atom is 0.416 e. The molecule has 1 atom stereocenters. The van der Waals surface area contributed by atoms with Crippen LogP contribution in [0, 0.1) is 0 Å². The fourth-order valence-electron chi connectivity index (χ4n) is 0.929. The zero-order chi connectivity index (χ0) is 11.5. The largest absolute Gasteiger partial charge is 0.416 e. The van der Waals surface area contributed by atoms with Gasteiger partial charge in [0.25, 0.3) is 0 Å². The molecule has 0 fully saturated rings. The minimum atomic E-state index is -4.58. The number of aliphatic hydroxyl groups excluding tert-OH is 1. The van der Waals surface area contributed by atoms with Gasteiger partial charge in [-0.15, -0.1) is 0 Å². The van der Waals surface area contributed by atoms with Crippen molar-refractivity contribution in [3.8, 4) is 0 Å². The van der Waals surface area contributed by atoms with Crippen molar-refractivity contribution < 1.29 is 18.3 Å². The fourth-order valence-corrected chi connectivity index (χ4v) is 1.33. The Labute approximate surface area is 93.2 Å². The lowest BCUT2D eigenvalue weighted by atomic mass is 10.3. The van der Waals surface area contributed by atoms with Gasteiger partial charge in [0.05, 0.1) is 0 Å². The van der Waals surface area contributed by atoms with Crippen LogP contribution in [0.1, 0.15) is 0 Å². The molecule has 1 rings (SSSR count). The smallest absolute Gasteiger partial charge is 0.382 e. The van der Waals surface area contributed by atoms with Crippen molar-refractivity contribution in [1.29, 1.82) is 0 Å². The zero-order valence-electron chi connectivity index (χ0n) is 7.55. The third-order valence-corrected chi connectivity index (χ3v) is 2.20. The number of rotatable bonds is 3. The topological polar surface area (TPSA) is 32.3 Å². The minimum absolute atomic E-state index is 0.521. The van der Waals surface area contributed by atoms with Crippen molar-refractivity contribution in [2.45, 2.75) is 12.3 Å². The Hall–Kier alpha value is -0.750. The minimum Gasteiger partial charge on any atom is -0.382 e. The maximum atomic E-state index is 11.9. The molecule has 1 unspecified atom stereocenters. The van der Waals surface area contributed by atoms with Crippen LogP contribution in [0.15, 0.2) is 28.7 Å². The number of halogens is 4. The van der Waals surface area contributed by atoms with E-state index in [0.29, 0.717) is 5.69 Å². The molecular formula is C9H9BrF3NO. The van der Waals surface area contributed by atoms with Gasteiger partial charge in [-0.1, -0.05) is 22.0 Å². The molecule has 6 heteroatoms. The van der Waals surface area contributed by atoms with Crippen LogP contribution in [0.4, 0.5) is 18.9 Å². The maximum absolute atomic E-state index is 11.9. The summed E-state index contributed by atoms with van der Waals surface area (Å²) in [5.41, 5.74) is 0.521. The highest BCUT2D eigenvalue weighted by Gasteiger charge is 2.37. The van der Waals surface area contributed by atoms with Gasteiger partial charge in [-0.3, -0.25) is 0 Å². The Balaban J connectivity index is 2.51. The molecule has 0 saturated heterocycles. The van der Waals surface area contributed by atoms with Crippen molar-refractivity contribution >= 4 is 21.6 Å². The summed E-state index contributed by atoms with van der Waals surface area (Å²) in [6, 6.07) is 6.69. The SMILES string of the molecule is OC(CNc1cccc(Br)c1)C(F)(F)F. The second-order valence-corrected chi connectivity index (χ2v) is 3.86. The van der Waals surface area contributed by atoms with Gasteiger partial charge >= 0.3 is 6.18 Å². The van der Waals surface area contributed by atoms with Crippen LogP contribution in [0.25, 0.3) is 0 Å². The standard InChI is InChI=1S/C9H9BrF3NO/c10-6-2-1-3-7(4-6)14-5-8(15)9(11,12)13/h1-4,8,14-15H,5H2. The average molecular weight is 284 g/mol. The van der Waals surface area contributed by atoms with Crippen LogP contribution in [0.2, 0.25) is 0 Å². The normalized spacial score (nSPS) is 13.7. The van der Waals surface area contributed by atoms with Gasteiger partial charge in [0, 0.05) is 16.7 Å². The quantitative estimate of drug-likeness (QED) is 0.894. The van der Waals surface area contributed by atoms with Gasteiger partial charge in [0.2, 0.25) is 0 Å². The number of nitrogens with one attached hydrogen (secondary N) is 1. The summed E-state index contributed by atoms with van der Waals surface area (Å²) in [7, 11) is 0. The van der Waals surface area contributed by atoms with Crippen molar-refractivity contribution in [2.75, 3.05) is 11.9 Å². The molecule has 2 nitrogen and oxygen atoms in total. The average Bonchev–Trinajstić information content (AvgIpc) is 2.12. The molecule has 84 valence electrons. The van der Waals surface area contributed by atoms with Crippen LogP contribution in [0.3, 0.4) is 0 Å². The van der Waals surface area contributed by atoms with E-state index in [0.717, 1.165) is 4.47 Å². The first kappa shape index (κ1) is 12.3. The lowest BCUT2D eigenvalue weighted by molar-refractivity contribution is -0.198. The number of anilines is 1. The summed E-state index contributed by atoms with van der Waals surface area (Å²) in [5.74, 6) is 0. The van der Waals surface area contributed by atoms with Gasteiger partial charge in [-0.05, 0) is 18.2 Å². The van der Waals surface area contributed by atoms with E-state index < -0.39 is 18.8 Å². The van der Waals surface area contributed by atoms with Crippen molar-refractivity contribution in [3.05, 3.63) is 28.7 Å². The van der Waals surface area contributed by atoms with Gasteiger partial charge < -0.3 is 10.4 Å². The van der Waals surface area contributed by atoms with E-state index in [9.17, 15) is 13.2 Å². The Kier molecular flexibility index (Phi) is 3.98. The van der Waals surface area contributed by atoms with E-state index in [-0.39, 0.29) is 0 Å². The molecule has 0 heterocycles. The fraction of sp³-hybridized carbons (Fsp3) is 0.333. The molecule has 0 radical (unpaired) electrons. The van der Waals surface area contributed by atoms with Crippen LogP contribution in [0.5, 0.6) is 0 Å². The molecular weight excluding hydrogens is 275 g/mol. The van der Waals surface area contributed by atoms with Gasteiger partial charge in [0.15, 0.2) is 6.10 Å². The van der Waals surface area contributed by atoms with Crippen molar-refractivity contribution in [3.63, 3.8) is 0 Å². The number of aliphatic hydroxyl groups is 1. The third-order valence-electron chi connectivity index (χ3n) is 1.70. The Morgan fingerprint density at radius 3 is 2.60 bits per heavy atom. The molecule has 0 saturated carbocycles. The van der Waals surface area contributed by atoms with E-state index in [1.807, 2.05) is 0 Å². The summed E-state index contributed by atoms with van der Waals surface area (Å²) in [6.07, 6.45) is -6.93. The molecule has 0 amide bonds. The second-order valence-electron chi connectivity index (χ2n) is 2.95. The van der Waals surface area contributed by atoms with E-state index in [1.54, 1.807) is 24.3 Å². The van der Waals surface area contributed by atoms with Gasteiger partial charge in [-0.2, -0.15) is 13.2 Å². The second kappa shape index (κ2) is 4.85. The van der Waals surface area contributed by atoms with Crippen LogP contribution in [-0.4, -0.2) is 23.9 Å². The Bertz CT molecular complexity index is 329. The summed E-state index contributed by atoms with van der Waals surface area (Å²) in [6.45, 7) is -0.556. The molecule has 0 aliphatic rings.